The zero-order valence-corrected chi connectivity index (χ0v) is 15.1. The van der Waals surface area contributed by atoms with Gasteiger partial charge in [-0.25, -0.2) is 14.4 Å². The summed E-state index contributed by atoms with van der Waals surface area (Å²) in [7, 11) is 0. The minimum Gasteiger partial charge on any atom is -0.294 e. The second-order valence-electron chi connectivity index (χ2n) is 7.49. The molecule has 136 valence electrons. The van der Waals surface area contributed by atoms with E-state index >= 15 is 0 Å². The lowest BCUT2D eigenvalue weighted by atomic mass is 10.1. The maximum atomic E-state index is 13.1. The molecular formula is C22H21FN4. The quantitative estimate of drug-likeness (QED) is 0.702. The summed E-state index contributed by atoms with van der Waals surface area (Å²) < 4.78 is 13.1. The van der Waals surface area contributed by atoms with Gasteiger partial charge in [-0.15, -0.1) is 0 Å². The van der Waals surface area contributed by atoms with Crippen molar-refractivity contribution >= 4 is 0 Å². The lowest BCUT2D eigenvalue weighted by molar-refractivity contribution is 0.242. The molecule has 27 heavy (non-hydrogen) atoms. The van der Waals surface area contributed by atoms with Gasteiger partial charge < -0.3 is 0 Å². The highest BCUT2D eigenvalue weighted by Crippen LogP contribution is 2.38. The monoisotopic (exact) mass is 360 g/mol. The molecule has 1 aliphatic carbocycles. The van der Waals surface area contributed by atoms with E-state index in [1.165, 1.54) is 41.8 Å². The SMILES string of the molecule is Fc1ccc(-c2ccc(CN3CCc4nc(C5CC5)ncc4C3)cn2)cc1. The highest BCUT2D eigenvalue weighted by molar-refractivity contribution is 5.58. The minimum absolute atomic E-state index is 0.228. The van der Waals surface area contributed by atoms with E-state index in [0.29, 0.717) is 5.92 Å². The molecule has 2 aromatic heterocycles. The van der Waals surface area contributed by atoms with Crippen LogP contribution in [0.25, 0.3) is 11.3 Å². The number of rotatable bonds is 4. The molecule has 5 rings (SSSR count). The fourth-order valence-electron chi connectivity index (χ4n) is 3.63. The number of nitrogens with zero attached hydrogens (tertiary/aromatic N) is 4. The zero-order chi connectivity index (χ0) is 18.2. The fourth-order valence-corrected chi connectivity index (χ4v) is 3.63. The molecule has 5 heteroatoms. The maximum absolute atomic E-state index is 13.1. The average Bonchev–Trinajstić information content (AvgIpc) is 3.54. The molecule has 0 saturated heterocycles. The van der Waals surface area contributed by atoms with E-state index in [2.05, 4.69) is 20.9 Å². The zero-order valence-electron chi connectivity index (χ0n) is 15.1. The van der Waals surface area contributed by atoms with Crippen LogP contribution in [0.15, 0.2) is 48.8 Å². The number of halogens is 1. The predicted molar refractivity (Wildman–Crippen MR) is 101 cm³/mol. The lowest BCUT2D eigenvalue weighted by Crippen LogP contribution is -2.31. The number of benzene rings is 1. The Balaban J connectivity index is 1.26. The van der Waals surface area contributed by atoms with Gasteiger partial charge in [0.1, 0.15) is 11.6 Å². The summed E-state index contributed by atoms with van der Waals surface area (Å²) in [5.74, 6) is 1.43. The Bertz CT molecular complexity index is 949. The van der Waals surface area contributed by atoms with Crippen LogP contribution in [-0.2, 0) is 19.5 Å². The van der Waals surface area contributed by atoms with E-state index in [1.54, 1.807) is 12.1 Å². The second-order valence-corrected chi connectivity index (χ2v) is 7.49. The predicted octanol–water partition coefficient (Wildman–Crippen LogP) is 4.11. The van der Waals surface area contributed by atoms with E-state index in [1.807, 2.05) is 18.5 Å². The molecule has 0 bridgehead atoms. The number of fused-ring (bicyclic) bond motifs is 1. The third-order valence-electron chi connectivity index (χ3n) is 5.35. The van der Waals surface area contributed by atoms with Gasteiger partial charge in [0.2, 0.25) is 0 Å². The first-order chi connectivity index (χ1) is 13.2. The summed E-state index contributed by atoms with van der Waals surface area (Å²) in [6, 6.07) is 10.6. The van der Waals surface area contributed by atoms with Gasteiger partial charge >= 0.3 is 0 Å². The molecule has 1 aliphatic heterocycles. The minimum atomic E-state index is -0.228. The molecule has 0 unspecified atom stereocenters. The lowest BCUT2D eigenvalue weighted by Gasteiger charge is -2.28. The molecule has 3 heterocycles. The summed E-state index contributed by atoms with van der Waals surface area (Å²) in [6.07, 6.45) is 7.41. The molecule has 0 amide bonds. The van der Waals surface area contributed by atoms with Crippen LogP contribution in [0.5, 0.6) is 0 Å². The van der Waals surface area contributed by atoms with E-state index in [4.69, 9.17) is 4.98 Å². The van der Waals surface area contributed by atoms with Gasteiger partial charge in [0, 0.05) is 61.2 Å². The van der Waals surface area contributed by atoms with Crippen LogP contribution < -0.4 is 0 Å². The molecule has 1 fully saturated rings. The van der Waals surface area contributed by atoms with Gasteiger partial charge in [0.05, 0.1) is 5.69 Å². The van der Waals surface area contributed by atoms with Crippen molar-refractivity contribution in [1.82, 2.24) is 19.9 Å². The van der Waals surface area contributed by atoms with E-state index in [0.717, 1.165) is 43.1 Å². The highest BCUT2D eigenvalue weighted by Gasteiger charge is 2.28. The molecular weight excluding hydrogens is 339 g/mol. The molecule has 1 saturated carbocycles. The standard InChI is InChI=1S/C22H21FN4/c23-19-6-4-16(5-7-19)20-8-1-15(11-24-20)13-27-10-9-21-18(14-27)12-25-22(26-21)17-2-3-17/h1,4-8,11-12,17H,2-3,9-10,13-14H2. The van der Waals surface area contributed by atoms with Crippen LogP contribution in [0.3, 0.4) is 0 Å². The van der Waals surface area contributed by atoms with Crippen molar-refractivity contribution in [2.45, 2.75) is 38.3 Å². The molecule has 1 aromatic carbocycles. The smallest absolute Gasteiger partial charge is 0.131 e. The van der Waals surface area contributed by atoms with Gasteiger partial charge in [0.25, 0.3) is 0 Å². The van der Waals surface area contributed by atoms with Crippen LogP contribution in [0.4, 0.5) is 4.39 Å². The van der Waals surface area contributed by atoms with E-state index < -0.39 is 0 Å². The van der Waals surface area contributed by atoms with E-state index in [9.17, 15) is 4.39 Å². The van der Waals surface area contributed by atoms with Crippen molar-refractivity contribution < 1.29 is 4.39 Å². The number of pyridine rings is 1. The number of hydrogen-bond donors (Lipinski definition) is 0. The Hall–Kier alpha value is -2.66. The highest BCUT2D eigenvalue weighted by atomic mass is 19.1. The van der Waals surface area contributed by atoms with Crippen LogP contribution in [0, 0.1) is 5.82 Å². The van der Waals surface area contributed by atoms with Crippen molar-refractivity contribution in [1.29, 1.82) is 0 Å². The van der Waals surface area contributed by atoms with Gasteiger partial charge in [-0.3, -0.25) is 9.88 Å². The molecule has 3 aromatic rings. The summed E-state index contributed by atoms with van der Waals surface area (Å²) >= 11 is 0. The summed E-state index contributed by atoms with van der Waals surface area (Å²) in [6.45, 7) is 2.76. The van der Waals surface area contributed by atoms with Crippen molar-refractivity contribution in [2.75, 3.05) is 6.54 Å². The first kappa shape index (κ1) is 16.5. The Morgan fingerprint density at radius 3 is 2.59 bits per heavy atom. The van der Waals surface area contributed by atoms with Crippen LogP contribution in [0.2, 0.25) is 0 Å². The Morgan fingerprint density at radius 2 is 1.85 bits per heavy atom. The largest absolute Gasteiger partial charge is 0.294 e. The number of aromatic nitrogens is 3. The molecule has 0 atom stereocenters. The third-order valence-corrected chi connectivity index (χ3v) is 5.35. The van der Waals surface area contributed by atoms with Crippen molar-refractivity contribution in [2.24, 2.45) is 0 Å². The van der Waals surface area contributed by atoms with Crippen LogP contribution >= 0.6 is 0 Å². The molecule has 2 aliphatic rings. The second kappa shape index (κ2) is 6.82. The summed E-state index contributed by atoms with van der Waals surface area (Å²) in [4.78, 5) is 16.3. The Morgan fingerprint density at radius 1 is 1.00 bits per heavy atom. The third kappa shape index (κ3) is 3.60. The fraction of sp³-hybridized carbons (Fsp3) is 0.318. The van der Waals surface area contributed by atoms with Crippen molar-refractivity contribution in [3.05, 3.63) is 77.3 Å². The van der Waals surface area contributed by atoms with Crippen molar-refractivity contribution in [3.8, 4) is 11.3 Å². The average molecular weight is 360 g/mol. The van der Waals surface area contributed by atoms with Crippen LogP contribution in [-0.4, -0.2) is 26.4 Å². The van der Waals surface area contributed by atoms with E-state index in [-0.39, 0.29) is 5.82 Å². The Kier molecular flexibility index (Phi) is 4.17. The maximum Gasteiger partial charge on any atom is 0.131 e. The topological polar surface area (TPSA) is 41.9 Å². The summed E-state index contributed by atoms with van der Waals surface area (Å²) in [5, 5.41) is 0. The first-order valence-electron chi connectivity index (χ1n) is 9.52. The summed E-state index contributed by atoms with van der Waals surface area (Å²) in [5.41, 5.74) is 5.46. The molecule has 4 nitrogen and oxygen atoms in total. The van der Waals surface area contributed by atoms with Crippen molar-refractivity contribution in [3.63, 3.8) is 0 Å². The van der Waals surface area contributed by atoms with Gasteiger partial charge in [-0.1, -0.05) is 6.07 Å². The Labute approximate surface area is 158 Å². The molecule has 0 N–H and O–H groups in total. The van der Waals surface area contributed by atoms with Crippen LogP contribution in [0.1, 0.15) is 41.4 Å². The van der Waals surface area contributed by atoms with Gasteiger partial charge in [-0.2, -0.15) is 0 Å². The molecule has 0 spiro atoms. The van der Waals surface area contributed by atoms with Gasteiger partial charge in [0.15, 0.2) is 0 Å². The molecule has 0 radical (unpaired) electrons. The number of hydrogen-bond acceptors (Lipinski definition) is 4. The normalized spacial score (nSPS) is 16.9. The van der Waals surface area contributed by atoms with Gasteiger partial charge in [-0.05, 0) is 48.7 Å². The first-order valence-corrected chi connectivity index (χ1v) is 9.52.